The van der Waals surface area contributed by atoms with Gasteiger partial charge in [0.15, 0.2) is 0 Å². The topological polar surface area (TPSA) is 58.2 Å². The number of rotatable bonds is 4. The first kappa shape index (κ1) is 19.6. The fourth-order valence-corrected chi connectivity index (χ4v) is 4.13. The third kappa shape index (κ3) is 5.16. The highest BCUT2D eigenvalue weighted by atomic mass is 127. The molecule has 0 radical (unpaired) electrons. The second-order valence-corrected chi connectivity index (χ2v) is 8.63. The predicted octanol–water partition coefficient (Wildman–Crippen LogP) is 5.51. The van der Waals surface area contributed by atoms with Crippen molar-refractivity contribution in [3.8, 4) is 0 Å². The van der Waals surface area contributed by atoms with Crippen molar-refractivity contribution in [3.63, 3.8) is 0 Å². The molecule has 0 spiro atoms. The van der Waals surface area contributed by atoms with E-state index in [4.69, 9.17) is 0 Å². The lowest BCUT2D eigenvalue weighted by molar-refractivity contribution is -0.118. The van der Waals surface area contributed by atoms with Crippen LogP contribution in [0.1, 0.15) is 24.2 Å². The molecule has 0 heterocycles. The van der Waals surface area contributed by atoms with Gasteiger partial charge < -0.3 is 10.6 Å². The molecule has 2 amide bonds. The fourth-order valence-electron chi connectivity index (χ4n) is 1.88. The van der Waals surface area contributed by atoms with Crippen LogP contribution in [-0.4, -0.2) is 11.8 Å². The van der Waals surface area contributed by atoms with E-state index >= 15 is 0 Å². The Morgan fingerprint density at radius 1 is 1.04 bits per heavy atom. The van der Waals surface area contributed by atoms with E-state index in [0.717, 1.165) is 11.6 Å². The van der Waals surface area contributed by atoms with E-state index in [1.54, 1.807) is 24.3 Å². The monoisotopic (exact) mass is 612 g/mol. The van der Waals surface area contributed by atoms with E-state index in [0.29, 0.717) is 16.9 Å². The van der Waals surface area contributed by atoms with Gasteiger partial charge in [-0.25, -0.2) is 0 Å². The van der Waals surface area contributed by atoms with Gasteiger partial charge in [-0.2, -0.15) is 0 Å². The van der Waals surface area contributed by atoms with Crippen molar-refractivity contribution in [2.75, 3.05) is 10.6 Å². The molecule has 0 saturated carbocycles. The Kier molecular flexibility index (Phi) is 7.05. The Balaban J connectivity index is 2.20. The molecule has 24 heavy (non-hydrogen) atoms. The third-order valence-corrected chi connectivity index (χ3v) is 6.22. The number of halogens is 3. The highest BCUT2D eigenvalue weighted by molar-refractivity contribution is 14.1. The van der Waals surface area contributed by atoms with Gasteiger partial charge in [0, 0.05) is 28.9 Å². The van der Waals surface area contributed by atoms with Crippen LogP contribution in [0.15, 0.2) is 40.9 Å². The molecule has 0 atom stereocenters. The lowest BCUT2D eigenvalue weighted by Crippen LogP contribution is -2.18. The van der Waals surface area contributed by atoms with Gasteiger partial charge in [0.25, 0.3) is 5.91 Å². The zero-order chi connectivity index (χ0) is 17.9. The normalized spacial score (nSPS) is 10.6. The van der Waals surface area contributed by atoms with Crippen molar-refractivity contribution in [1.82, 2.24) is 0 Å². The lowest BCUT2D eigenvalue weighted by Gasteiger charge is -2.11. The molecule has 0 unspecified atom stereocenters. The molecule has 0 aliphatic carbocycles. The van der Waals surface area contributed by atoms with Crippen LogP contribution in [-0.2, 0) is 4.79 Å². The van der Waals surface area contributed by atoms with E-state index in [1.807, 2.05) is 26.0 Å². The number of carbonyl (C=O) groups excluding carboxylic acids is 2. The van der Waals surface area contributed by atoms with Crippen LogP contribution in [0.5, 0.6) is 0 Å². The Morgan fingerprint density at radius 3 is 2.29 bits per heavy atom. The van der Waals surface area contributed by atoms with Gasteiger partial charge in [0.05, 0.1) is 5.56 Å². The fraction of sp³-hybridized carbons (Fsp3) is 0.176. The van der Waals surface area contributed by atoms with Gasteiger partial charge in [0.2, 0.25) is 5.91 Å². The van der Waals surface area contributed by atoms with Crippen LogP contribution in [0, 0.1) is 13.1 Å². The van der Waals surface area contributed by atoms with Crippen LogP contribution < -0.4 is 10.6 Å². The van der Waals surface area contributed by atoms with Crippen LogP contribution in [0.2, 0.25) is 0 Å². The molecule has 0 aliphatic heterocycles. The van der Waals surface area contributed by atoms with E-state index < -0.39 is 0 Å². The summed E-state index contributed by atoms with van der Waals surface area (Å²) in [7, 11) is 0. The summed E-state index contributed by atoms with van der Waals surface area (Å²) in [4.78, 5) is 24.3. The summed E-state index contributed by atoms with van der Waals surface area (Å²) in [5.74, 6) is -0.369. The van der Waals surface area contributed by atoms with E-state index in [-0.39, 0.29) is 17.7 Å². The zero-order valence-corrected chi connectivity index (χ0v) is 18.9. The van der Waals surface area contributed by atoms with Crippen LogP contribution >= 0.6 is 61.1 Å². The molecule has 7 heteroatoms. The molecule has 4 nitrogen and oxygen atoms in total. The molecule has 2 N–H and O–H groups in total. The molecule has 2 aromatic rings. The molecular formula is C17H15BrI2N2O2. The molecule has 0 fully saturated rings. The second-order valence-electron chi connectivity index (χ2n) is 5.43. The number of benzene rings is 2. The Labute approximate surface area is 176 Å². The summed E-state index contributed by atoms with van der Waals surface area (Å²) in [5.41, 5.74) is 1.85. The minimum absolute atomic E-state index is 0.0617. The molecule has 0 saturated heterocycles. The molecule has 126 valence electrons. The van der Waals surface area contributed by atoms with Crippen LogP contribution in [0.25, 0.3) is 0 Å². The number of nitrogens with one attached hydrogen (secondary N) is 2. The summed E-state index contributed by atoms with van der Waals surface area (Å²) in [6, 6.07) is 10.9. The Hall–Kier alpha value is -0.680. The maximum atomic E-state index is 12.5. The first-order chi connectivity index (χ1) is 11.3. The van der Waals surface area contributed by atoms with Crippen LogP contribution in [0.3, 0.4) is 0 Å². The largest absolute Gasteiger partial charge is 0.326 e. The first-order valence-electron chi connectivity index (χ1n) is 7.14. The summed E-state index contributed by atoms with van der Waals surface area (Å²) < 4.78 is 2.73. The van der Waals surface area contributed by atoms with E-state index in [9.17, 15) is 9.59 Å². The van der Waals surface area contributed by atoms with Gasteiger partial charge in [-0.05, 0) is 91.4 Å². The first-order valence-corrected chi connectivity index (χ1v) is 10.1. The average Bonchev–Trinajstić information content (AvgIpc) is 2.51. The minimum Gasteiger partial charge on any atom is -0.326 e. The average molecular weight is 613 g/mol. The summed E-state index contributed by atoms with van der Waals surface area (Å²) in [6.07, 6.45) is 0. The van der Waals surface area contributed by atoms with Gasteiger partial charge >= 0.3 is 0 Å². The molecule has 0 aliphatic rings. The van der Waals surface area contributed by atoms with Crippen molar-refractivity contribution < 1.29 is 9.59 Å². The van der Waals surface area contributed by atoms with Crippen molar-refractivity contribution in [1.29, 1.82) is 0 Å². The van der Waals surface area contributed by atoms with Gasteiger partial charge in [0.1, 0.15) is 0 Å². The number of hydrogen-bond donors (Lipinski definition) is 2. The lowest BCUT2D eigenvalue weighted by atomic mass is 10.2. The van der Waals surface area contributed by atoms with Gasteiger partial charge in [-0.1, -0.05) is 19.9 Å². The van der Waals surface area contributed by atoms with Gasteiger partial charge in [-0.15, -0.1) is 0 Å². The van der Waals surface area contributed by atoms with E-state index in [2.05, 4.69) is 71.7 Å². The molecular weight excluding hydrogens is 598 g/mol. The van der Waals surface area contributed by atoms with Crippen molar-refractivity contribution >= 4 is 84.3 Å². The predicted molar refractivity (Wildman–Crippen MR) is 117 cm³/mol. The smallest absolute Gasteiger partial charge is 0.256 e. The number of hydrogen-bond acceptors (Lipinski definition) is 2. The second kappa shape index (κ2) is 8.61. The Bertz CT molecular complexity index is 794. The maximum absolute atomic E-state index is 12.5. The van der Waals surface area contributed by atoms with Crippen molar-refractivity contribution in [2.24, 2.45) is 5.92 Å². The number of amides is 2. The molecule has 2 rings (SSSR count). The van der Waals surface area contributed by atoms with Crippen molar-refractivity contribution in [2.45, 2.75) is 13.8 Å². The Morgan fingerprint density at radius 2 is 1.67 bits per heavy atom. The highest BCUT2D eigenvalue weighted by Gasteiger charge is 2.14. The summed E-state index contributed by atoms with van der Waals surface area (Å²) in [5, 5.41) is 5.69. The minimum atomic E-state index is -0.203. The maximum Gasteiger partial charge on any atom is 0.256 e. The number of anilines is 2. The van der Waals surface area contributed by atoms with Gasteiger partial charge in [-0.3, -0.25) is 9.59 Å². The zero-order valence-electron chi connectivity index (χ0n) is 13.0. The van der Waals surface area contributed by atoms with Crippen molar-refractivity contribution in [3.05, 3.63) is 53.6 Å². The molecule has 2 aromatic carbocycles. The number of carbonyl (C=O) groups is 2. The quantitative estimate of drug-likeness (QED) is 0.354. The summed E-state index contributed by atoms with van der Waals surface area (Å²) >= 11 is 7.83. The molecule has 0 bridgehead atoms. The van der Waals surface area contributed by atoms with E-state index in [1.165, 1.54) is 0 Å². The van der Waals surface area contributed by atoms with Crippen LogP contribution in [0.4, 0.5) is 11.4 Å². The molecule has 0 aromatic heterocycles. The SMILES string of the molecule is CC(C)C(=O)Nc1cccc(NC(=O)c2cc(I)cc(I)c2Br)c1. The standard InChI is InChI=1S/C17H15BrI2N2O2/c1-9(2)16(23)21-11-4-3-5-12(8-11)22-17(24)13-6-10(19)7-14(20)15(13)18/h3-9H,1-2H3,(H,21,23)(H,22,24). The highest BCUT2D eigenvalue weighted by Crippen LogP contribution is 2.27. The third-order valence-electron chi connectivity index (χ3n) is 3.15. The summed E-state index contributed by atoms with van der Waals surface area (Å²) in [6.45, 7) is 3.66.